The standard InChI is InChI=1S/C66H108O6/c1-4-7-10-13-16-19-22-25-28-30-32-33-35-36-38-41-44-47-50-53-56-59-65(68)71-62-63(61-70-64(67)58-55-52-49-46-43-40-27-24-21-18-15-12-9-6-3)72-66(69)60-57-54-51-48-45-42-39-37-34-31-29-26-23-20-17-14-11-8-5-2/h7-8,10-11,16-17,19-20,24-29,32-34,37,42,45,63H,4-6,9,12-15,18,21-23,30-31,35-36,38-41,43-44,46-62H2,1-3H3/b10-7-,11-8-,19-16-,20-17-,27-24-,28-25-,29-26-,33-32-,37-34-,45-42-. The average Bonchev–Trinajstić information content (AvgIpc) is 3.38. The highest BCUT2D eigenvalue weighted by Gasteiger charge is 2.19. The Bertz CT molecular complexity index is 1520. The van der Waals surface area contributed by atoms with E-state index in [9.17, 15) is 14.4 Å². The molecule has 0 rings (SSSR count). The lowest BCUT2D eigenvalue weighted by Gasteiger charge is -2.18. The molecule has 408 valence electrons. The Balaban J connectivity index is 4.47. The van der Waals surface area contributed by atoms with Crippen LogP contribution < -0.4 is 0 Å². The van der Waals surface area contributed by atoms with E-state index in [1.807, 2.05) is 0 Å². The quantitative estimate of drug-likeness (QED) is 0.0261. The van der Waals surface area contributed by atoms with Crippen LogP contribution in [0.3, 0.4) is 0 Å². The van der Waals surface area contributed by atoms with Crippen molar-refractivity contribution in [2.45, 2.75) is 264 Å². The zero-order valence-electron chi connectivity index (χ0n) is 46.7. The predicted molar refractivity (Wildman–Crippen MR) is 311 cm³/mol. The van der Waals surface area contributed by atoms with Crippen LogP contribution in [0.1, 0.15) is 258 Å². The van der Waals surface area contributed by atoms with Gasteiger partial charge in [-0.15, -0.1) is 0 Å². The molecule has 0 spiro atoms. The van der Waals surface area contributed by atoms with E-state index in [1.165, 1.54) is 77.0 Å². The highest BCUT2D eigenvalue weighted by Crippen LogP contribution is 2.14. The summed E-state index contributed by atoms with van der Waals surface area (Å²) < 4.78 is 16.8. The lowest BCUT2D eigenvalue weighted by atomic mass is 10.1. The van der Waals surface area contributed by atoms with Crippen LogP contribution in [-0.2, 0) is 28.6 Å². The van der Waals surface area contributed by atoms with Crippen molar-refractivity contribution in [2.24, 2.45) is 0 Å². The number of rotatable bonds is 52. The normalized spacial score (nSPS) is 13.0. The minimum Gasteiger partial charge on any atom is -0.462 e. The second-order valence-electron chi connectivity index (χ2n) is 19.1. The fraction of sp³-hybridized carbons (Fsp3) is 0.652. The van der Waals surface area contributed by atoms with Crippen LogP contribution in [0.4, 0.5) is 0 Å². The molecule has 0 aliphatic carbocycles. The number of hydrogen-bond donors (Lipinski definition) is 0. The molecular weight excluding hydrogens is 889 g/mol. The smallest absolute Gasteiger partial charge is 0.306 e. The third kappa shape index (κ3) is 56.7. The van der Waals surface area contributed by atoms with Crippen molar-refractivity contribution in [3.05, 3.63) is 122 Å². The van der Waals surface area contributed by atoms with Crippen LogP contribution in [0.2, 0.25) is 0 Å². The second-order valence-corrected chi connectivity index (χ2v) is 19.1. The van der Waals surface area contributed by atoms with Crippen molar-refractivity contribution < 1.29 is 28.6 Å². The zero-order chi connectivity index (χ0) is 52.2. The summed E-state index contributed by atoms with van der Waals surface area (Å²) in [6.07, 6.45) is 81.9. The van der Waals surface area contributed by atoms with Crippen LogP contribution in [0.5, 0.6) is 0 Å². The highest BCUT2D eigenvalue weighted by molar-refractivity contribution is 5.71. The Morgan fingerprint density at radius 1 is 0.292 bits per heavy atom. The molecule has 1 unspecified atom stereocenters. The van der Waals surface area contributed by atoms with Gasteiger partial charge in [-0.2, -0.15) is 0 Å². The van der Waals surface area contributed by atoms with Gasteiger partial charge in [-0.05, 0) is 128 Å². The third-order valence-electron chi connectivity index (χ3n) is 12.2. The average molecular weight is 998 g/mol. The first-order valence-electron chi connectivity index (χ1n) is 29.5. The van der Waals surface area contributed by atoms with Gasteiger partial charge in [0.05, 0.1) is 0 Å². The predicted octanol–water partition coefficient (Wildman–Crippen LogP) is 20.0. The van der Waals surface area contributed by atoms with Crippen molar-refractivity contribution in [1.29, 1.82) is 0 Å². The summed E-state index contributed by atoms with van der Waals surface area (Å²) in [6.45, 7) is 6.36. The topological polar surface area (TPSA) is 78.9 Å². The van der Waals surface area contributed by atoms with Gasteiger partial charge in [-0.3, -0.25) is 14.4 Å². The SMILES string of the molecule is CC/C=C\C/C=C\C/C=C\C/C=C\C/C=C\CCCCCC(=O)OC(COC(=O)CCCCCCC/C=C\CCCCCCC)COC(=O)CCCCCCCCCC/C=C\C/C=C\C/C=C\C/C=C\CC. The van der Waals surface area contributed by atoms with E-state index in [4.69, 9.17) is 14.2 Å². The summed E-state index contributed by atoms with van der Waals surface area (Å²) in [7, 11) is 0. The van der Waals surface area contributed by atoms with Crippen molar-refractivity contribution in [3.63, 3.8) is 0 Å². The second kappa shape index (κ2) is 59.4. The van der Waals surface area contributed by atoms with E-state index >= 15 is 0 Å². The minimum absolute atomic E-state index is 0.101. The first kappa shape index (κ1) is 67.8. The molecule has 6 nitrogen and oxygen atoms in total. The van der Waals surface area contributed by atoms with E-state index < -0.39 is 6.10 Å². The Kier molecular flexibility index (Phi) is 55.9. The number of allylic oxidation sites excluding steroid dienone is 20. The molecule has 1 atom stereocenters. The van der Waals surface area contributed by atoms with Crippen molar-refractivity contribution in [3.8, 4) is 0 Å². The number of ether oxygens (including phenoxy) is 3. The summed E-state index contributed by atoms with van der Waals surface area (Å²) in [5.41, 5.74) is 0. The molecular formula is C66H108O6. The van der Waals surface area contributed by atoms with Gasteiger partial charge in [-0.25, -0.2) is 0 Å². The molecule has 0 aromatic rings. The first-order chi connectivity index (χ1) is 35.5. The van der Waals surface area contributed by atoms with Crippen LogP contribution in [0.15, 0.2) is 122 Å². The molecule has 0 aromatic carbocycles. The molecule has 0 saturated heterocycles. The number of carbonyl (C=O) groups excluding carboxylic acids is 3. The summed E-state index contributed by atoms with van der Waals surface area (Å²) in [4.78, 5) is 38.2. The lowest BCUT2D eigenvalue weighted by Crippen LogP contribution is -2.30. The molecule has 0 bridgehead atoms. The molecule has 0 radical (unpaired) electrons. The zero-order valence-corrected chi connectivity index (χ0v) is 46.7. The van der Waals surface area contributed by atoms with Crippen LogP contribution in [-0.4, -0.2) is 37.2 Å². The number of unbranched alkanes of at least 4 members (excludes halogenated alkanes) is 21. The largest absolute Gasteiger partial charge is 0.462 e. The van der Waals surface area contributed by atoms with Gasteiger partial charge in [0.2, 0.25) is 0 Å². The Morgan fingerprint density at radius 2 is 0.542 bits per heavy atom. The summed E-state index contributed by atoms with van der Waals surface area (Å²) in [5, 5.41) is 0. The van der Waals surface area contributed by atoms with Crippen molar-refractivity contribution in [1.82, 2.24) is 0 Å². The maximum absolute atomic E-state index is 12.9. The van der Waals surface area contributed by atoms with Gasteiger partial charge in [-0.1, -0.05) is 232 Å². The van der Waals surface area contributed by atoms with Crippen LogP contribution in [0, 0.1) is 0 Å². The Labute approximate surface area is 443 Å². The van der Waals surface area contributed by atoms with Gasteiger partial charge in [0, 0.05) is 19.3 Å². The molecule has 6 heteroatoms. The molecule has 0 aliphatic rings. The van der Waals surface area contributed by atoms with Crippen molar-refractivity contribution in [2.75, 3.05) is 13.2 Å². The van der Waals surface area contributed by atoms with E-state index in [0.29, 0.717) is 12.8 Å². The van der Waals surface area contributed by atoms with Gasteiger partial charge in [0.15, 0.2) is 6.10 Å². The van der Waals surface area contributed by atoms with Crippen LogP contribution >= 0.6 is 0 Å². The molecule has 0 fully saturated rings. The van der Waals surface area contributed by atoms with Gasteiger partial charge in [0.1, 0.15) is 13.2 Å². The van der Waals surface area contributed by atoms with E-state index in [0.717, 1.165) is 141 Å². The van der Waals surface area contributed by atoms with Crippen LogP contribution in [0.25, 0.3) is 0 Å². The third-order valence-corrected chi connectivity index (χ3v) is 12.2. The van der Waals surface area contributed by atoms with E-state index in [2.05, 4.69) is 142 Å². The Morgan fingerprint density at radius 3 is 0.875 bits per heavy atom. The molecule has 0 aromatic heterocycles. The molecule has 72 heavy (non-hydrogen) atoms. The first-order valence-corrected chi connectivity index (χ1v) is 29.5. The van der Waals surface area contributed by atoms with E-state index in [1.54, 1.807) is 0 Å². The molecule has 0 heterocycles. The molecule has 0 saturated carbocycles. The van der Waals surface area contributed by atoms with Gasteiger partial charge < -0.3 is 14.2 Å². The fourth-order valence-electron chi connectivity index (χ4n) is 7.81. The maximum Gasteiger partial charge on any atom is 0.306 e. The fourth-order valence-corrected chi connectivity index (χ4v) is 7.81. The van der Waals surface area contributed by atoms with Gasteiger partial charge in [0.25, 0.3) is 0 Å². The lowest BCUT2D eigenvalue weighted by molar-refractivity contribution is -0.167. The molecule has 0 aliphatic heterocycles. The number of hydrogen-bond acceptors (Lipinski definition) is 6. The maximum atomic E-state index is 12.9. The minimum atomic E-state index is -0.806. The molecule has 0 amide bonds. The Hall–Kier alpha value is -4.19. The molecule has 0 N–H and O–H groups in total. The van der Waals surface area contributed by atoms with E-state index in [-0.39, 0.29) is 37.5 Å². The number of carbonyl (C=O) groups is 3. The highest BCUT2D eigenvalue weighted by atomic mass is 16.6. The number of esters is 3. The summed E-state index contributed by atoms with van der Waals surface area (Å²) in [5.74, 6) is -0.949. The summed E-state index contributed by atoms with van der Waals surface area (Å²) >= 11 is 0. The van der Waals surface area contributed by atoms with Gasteiger partial charge >= 0.3 is 17.9 Å². The van der Waals surface area contributed by atoms with Crippen molar-refractivity contribution >= 4 is 17.9 Å². The summed E-state index contributed by atoms with van der Waals surface area (Å²) in [6, 6.07) is 0. The monoisotopic (exact) mass is 997 g/mol.